The highest BCUT2D eigenvalue weighted by atomic mass is 19.4. The lowest BCUT2D eigenvalue weighted by molar-refractivity contribution is -0.274. The quantitative estimate of drug-likeness (QED) is 0.129. The normalized spacial score (nSPS) is 12.5. The fourth-order valence-electron chi connectivity index (χ4n) is 6.35. The number of carbonyl (C=O) groups excluding carboxylic acids is 3. The SMILES string of the molecule is CCC[C@H](c1ccc(C(=O)NCCC(=O)OCC)cc1)[C@H](C(=O)Nc1ccc(-c2c(C)cc(C)cc2C)cc1)c1ccc(OC(F)(F)F)cc1. The fraction of sp³-hybridized carbons (Fsp3) is 0.325. The van der Waals surface area contributed by atoms with Gasteiger partial charge in [-0.05, 0) is 110 Å². The van der Waals surface area contributed by atoms with E-state index in [-0.39, 0.29) is 43.1 Å². The number of halogens is 3. The van der Waals surface area contributed by atoms with Crippen LogP contribution in [-0.2, 0) is 14.3 Å². The van der Waals surface area contributed by atoms with Gasteiger partial charge in [-0.25, -0.2) is 0 Å². The third kappa shape index (κ3) is 10.2. The maximum absolute atomic E-state index is 14.2. The minimum Gasteiger partial charge on any atom is -0.466 e. The van der Waals surface area contributed by atoms with Crippen molar-refractivity contribution < 1.29 is 37.0 Å². The average Bonchev–Trinajstić information content (AvgIpc) is 3.05. The number of alkyl halides is 3. The molecule has 0 saturated carbocycles. The number of ether oxygens (including phenoxy) is 2. The minimum absolute atomic E-state index is 0.0494. The van der Waals surface area contributed by atoms with Gasteiger partial charge in [-0.15, -0.1) is 13.2 Å². The lowest BCUT2D eigenvalue weighted by atomic mass is 9.78. The Bertz CT molecular complexity index is 1750. The van der Waals surface area contributed by atoms with Gasteiger partial charge in [0.05, 0.1) is 18.9 Å². The summed E-state index contributed by atoms with van der Waals surface area (Å²) in [7, 11) is 0. The second-order valence-electron chi connectivity index (χ2n) is 12.3. The van der Waals surface area contributed by atoms with Gasteiger partial charge in [0, 0.05) is 17.8 Å². The van der Waals surface area contributed by atoms with E-state index in [1.165, 1.54) is 29.8 Å². The number of benzene rings is 4. The Morgan fingerprint density at radius 3 is 1.96 bits per heavy atom. The lowest BCUT2D eigenvalue weighted by Crippen LogP contribution is -2.27. The van der Waals surface area contributed by atoms with Crippen LogP contribution in [0.2, 0.25) is 0 Å². The molecule has 0 aromatic heterocycles. The first-order valence-electron chi connectivity index (χ1n) is 16.7. The van der Waals surface area contributed by atoms with E-state index in [0.717, 1.165) is 27.8 Å². The predicted octanol–water partition coefficient (Wildman–Crippen LogP) is 9.17. The Kier molecular flexibility index (Phi) is 12.8. The maximum Gasteiger partial charge on any atom is 0.573 e. The van der Waals surface area contributed by atoms with Crippen molar-refractivity contribution in [1.29, 1.82) is 0 Å². The molecule has 4 aromatic rings. The number of carbonyl (C=O) groups is 3. The van der Waals surface area contributed by atoms with Crippen molar-refractivity contribution in [2.24, 2.45) is 0 Å². The van der Waals surface area contributed by atoms with Crippen LogP contribution in [-0.4, -0.2) is 37.3 Å². The standard InChI is InChI=1S/C40H43F3N2O5/c1-6-8-34(28-9-11-31(12-10-28)38(47)44-22-21-35(46)49-7-2)37(30-15-19-33(20-16-30)50-40(41,42)43)39(48)45-32-17-13-29(14-18-32)36-26(4)23-25(3)24-27(36)5/h9-20,23-24,34,37H,6-8,21-22H2,1-5H3,(H,44,47)(H,45,48)/t34-,37-/m1/s1. The first kappa shape index (κ1) is 37.7. The van der Waals surface area contributed by atoms with Crippen LogP contribution in [0.3, 0.4) is 0 Å². The van der Waals surface area contributed by atoms with Gasteiger partial charge in [-0.1, -0.05) is 67.4 Å². The van der Waals surface area contributed by atoms with Gasteiger partial charge in [-0.2, -0.15) is 0 Å². The van der Waals surface area contributed by atoms with Crippen LogP contribution in [0.25, 0.3) is 11.1 Å². The van der Waals surface area contributed by atoms with E-state index in [9.17, 15) is 27.6 Å². The summed E-state index contributed by atoms with van der Waals surface area (Å²) in [6.07, 6.45) is -3.51. The summed E-state index contributed by atoms with van der Waals surface area (Å²) in [5, 5.41) is 5.74. The third-order valence-electron chi connectivity index (χ3n) is 8.40. The number of hydrogen-bond acceptors (Lipinski definition) is 5. The predicted molar refractivity (Wildman–Crippen MR) is 188 cm³/mol. The molecular formula is C40H43F3N2O5. The van der Waals surface area contributed by atoms with E-state index in [1.54, 1.807) is 31.2 Å². The van der Waals surface area contributed by atoms with Crippen LogP contribution in [0, 0.1) is 20.8 Å². The fourth-order valence-corrected chi connectivity index (χ4v) is 6.35. The van der Waals surface area contributed by atoms with E-state index in [2.05, 4.69) is 48.3 Å². The Hall–Kier alpha value is -5.12. The first-order valence-corrected chi connectivity index (χ1v) is 16.7. The van der Waals surface area contributed by atoms with Crippen LogP contribution in [0.5, 0.6) is 5.75 Å². The number of aryl methyl sites for hydroxylation is 3. The highest BCUT2D eigenvalue weighted by molar-refractivity contribution is 5.97. The van der Waals surface area contributed by atoms with Crippen LogP contribution in [0.1, 0.15) is 83.1 Å². The molecule has 0 unspecified atom stereocenters. The van der Waals surface area contributed by atoms with Gasteiger partial charge in [0.2, 0.25) is 5.91 Å². The van der Waals surface area contributed by atoms with Gasteiger partial charge in [0.15, 0.2) is 0 Å². The second kappa shape index (κ2) is 17.0. The molecule has 0 aliphatic rings. The van der Waals surface area contributed by atoms with Crippen molar-refractivity contribution in [2.45, 2.75) is 72.1 Å². The Balaban J connectivity index is 1.62. The van der Waals surface area contributed by atoms with E-state index in [0.29, 0.717) is 29.7 Å². The van der Waals surface area contributed by atoms with Crippen LogP contribution in [0.15, 0.2) is 84.9 Å². The zero-order valence-corrected chi connectivity index (χ0v) is 28.9. The van der Waals surface area contributed by atoms with Crippen molar-refractivity contribution in [2.75, 3.05) is 18.5 Å². The molecule has 0 heterocycles. The molecule has 0 bridgehead atoms. The summed E-state index contributed by atoms with van der Waals surface area (Å²) in [6, 6.07) is 24.1. The molecule has 7 nitrogen and oxygen atoms in total. The molecule has 0 fully saturated rings. The Labute approximate surface area is 291 Å². The molecule has 0 aliphatic carbocycles. The van der Waals surface area contributed by atoms with E-state index >= 15 is 0 Å². The van der Waals surface area contributed by atoms with E-state index in [1.807, 2.05) is 31.2 Å². The summed E-state index contributed by atoms with van der Waals surface area (Å²) in [5.41, 5.74) is 7.89. The zero-order valence-electron chi connectivity index (χ0n) is 28.9. The Morgan fingerprint density at radius 2 is 1.40 bits per heavy atom. The molecular weight excluding hydrogens is 645 g/mol. The molecule has 0 spiro atoms. The number of esters is 1. The van der Waals surface area contributed by atoms with Gasteiger partial charge >= 0.3 is 12.3 Å². The van der Waals surface area contributed by atoms with Crippen LogP contribution >= 0.6 is 0 Å². The second-order valence-corrected chi connectivity index (χ2v) is 12.3. The molecule has 0 saturated heterocycles. The molecule has 264 valence electrons. The number of nitrogens with one attached hydrogen (secondary N) is 2. The molecule has 2 amide bonds. The van der Waals surface area contributed by atoms with Crippen molar-refractivity contribution in [3.05, 3.63) is 118 Å². The molecule has 50 heavy (non-hydrogen) atoms. The number of hydrogen-bond donors (Lipinski definition) is 2. The monoisotopic (exact) mass is 688 g/mol. The molecule has 10 heteroatoms. The summed E-state index contributed by atoms with van der Waals surface area (Å²) in [5.74, 6) is -2.65. The van der Waals surface area contributed by atoms with Crippen LogP contribution < -0.4 is 15.4 Å². The van der Waals surface area contributed by atoms with Gasteiger partial charge in [-0.3, -0.25) is 14.4 Å². The number of amides is 2. The zero-order chi connectivity index (χ0) is 36.4. The topological polar surface area (TPSA) is 93.7 Å². The van der Waals surface area contributed by atoms with Crippen LogP contribution in [0.4, 0.5) is 18.9 Å². The van der Waals surface area contributed by atoms with Crippen molar-refractivity contribution in [3.63, 3.8) is 0 Å². The summed E-state index contributed by atoms with van der Waals surface area (Å²) in [6.45, 7) is 10.3. The highest BCUT2D eigenvalue weighted by Crippen LogP contribution is 2.39. The molecule has 0 radical (unpaired) electrons. The maximum atomic E-state index is 14.2. The minimum atomic E-state index is -4.85. The van der Waals surface area contributed by atoms with Crippen molar-refractivity contribution in [3.8, 4) is 16.9 Å². The van der Waals surface area contributed by atoms with Gasteiger partial charge in [0.1, 0.15) is 5.75 Å². The van der Waals surface area contributed by atoms with Gasteiger partial charge < -0.3 is 20.1 Å². The molecule has 4 aromatic carbocycles. The highest BCUT2D eigenvalue weighted by Gasteiger charge is 2.33. The molecule has 0 aliphatic heterocycles. The molecule has 2 atom stereocenters. The smallest absolute Gasteiger partial charge is 0.466 e. The van der Waals surface area contributed by atoms with Crippen molar-refractivity contribution in [1.82, 2.24) is 5.32 Å². The van der Waals surface area contributed by atoms with E-state index in [4.69, 9.17) is 4.74 Å². The number of rotatable bonds is 14. The average molecular weight is 689 g/mol. The summed E-state index contributed by atoms with van der Waals surface area (Å²) in [4.78, 5) is 38.5. The van der Waals surface area contributed by atoms with Crippen molar-refractivity contribution >= 4 is 23.5 Å². The Morgan fingerprint density at radius 1 is 0.800 bits per heavy atom. The third-order valence-corrected chi connectivity index (χ3v) is 8.40. The first-order chi connectivity index (χ1) is 23.8. The molecule has 4 rings (SSSR count). The summed E-state index contributed by atoms with van der Waals surface area (Å²) < 4.78 is 47.7. The number of anilines is 1. The molecule has 2 N–H and O–H groups in total. The largest absolute Gasteiger partial charge is 0.573 e. The van der Waals surface area contributed by atoms with Gasteiger partial charge in [0.25, 0.3) is 5.91 Å². The lowest BCUT2D eigenvalue weighted by Gasteiger charge is -2.28. The summed E-state index contributed by atoms with van der Waals surface area (Å²) >= 11 is 0. The van der Waals surface area contributed by atoms with E-state index < -0.39 is 18.2 Å².